The highest BCUT2D eigenvalue weighted by Crippen LogP contribution is 2.39. The topological polar surface area (TPSA) is 15.3 Å². The molecule has 106 valence electrons. The van der Waals surface area contributed by atoms with Gasteiger partial charge in [0, 0.05) is 17.8 Å². The van der Waals surface area contributed by atoms with Crippen LogP contribution >= 0.6 is 11.8 Å². The van der Waals surface area contributed by atoms with E-state index < -0.39 is 0 Å². The summed E-state index contributed by atoms with van der Waals surface area (Å²) in [5.74, 6) is 0.896. The monoisotopic (exact) mass is 270 g/mol. The molecule has 0 spiro atoms. The average molecular weight is 270 g/mol. The van der Waals surface area contributed by atoms with Crippen LogP contribution < -0.4 is 5.32 Å². The van der Waals surface area contributed by atoms with Crippen LogP contribution in [0.1, 0.15) is 45.4 Å². The first kappa shape index (κ1) is 14.7. The van der Waals surface area contributed by atoms with Gasteiger partial charge in [-0.3, -0.25) is 0 Å². The van der Waals surface area contributed by atoms with Crippen molar-refractivity contribution in [3.8, 4) is 0 Å². The summed E-state index contributed by atoms with van der Waals surface area (Å²) in [5, 5.41) is 3.51. The molecule has 3 heteroatoms. The highest BCUT2D eigenvalue weighted by Gasteiger charge is 2.35. The normalized spacial score (nSPS) is 28.7. The van der Waals surface area contributed by atoms with E-state index in [1.54, 1.807) is 0 Å². The molecule has 1 unspecified atom stereocenters. The van der Waals surface area contributed by atoms with Gasteiger partial charge in [-0.1, -0.05) is 26.2 Å². The van der Waals surface area contributed by atoms with Crippen LogP contribution in [0, 0.1) is 5.92 Å². The van der Waals surface area contributed by atoms with E-state index in [2.05, 4.69) is 35.2 Å². The molecule has 1 aliphatic heterocycles. The molecule has 1 atom stereocenters. The van der Waals surface area contributed by atoms with E-state index in [4.69, 9.17) is 0 Å². The maximum absolute atomic E-state index is 3.51. The fourth-order valence-electron chi connectivity index (χ4n) is 3.60. The van der Waals surface area contributed by atoms with E-state index in [1.165, 1.54) is 64.7 Å². The second kappa shape index (κ2) is 7.16. The predicted octanol–water partition coefficient (Wildman–Crippen LogP) is 2.98. The van der Waals surface area contributed by atoms with E-state index in [0.717, 1.165) is 12.5 Å². The molecule has 1 heterocycles. The Hall–Kier alpha value is 0.270. The zero-order valence-electron chi connectivity index (χ0n) is 12.2. The lowest BCUT2D eigenvalue weighted by Gasteiger charge is -2.39. The van der Waals surface area contributed by atoms with Crippen LogP contribution in [-0.2, 0) is 0 Å². The molecule has 0 bridgehead atoms. The summed E-state index contributed by atoms with van der Waals surface area (Å²) in [7, 11) is 0. The zero-order chi connectivity index (χ0) is 12.8. The van der Waals surface area contributed by atoms with Gasteiger partial charge in [-0.05, 0) is 51.1 Å². The number of hydrogen-bond donors (Lipinski definition) is 1. The number of hydrogen-bond acceptors (Lipinski definition) is 3. The maximum atomic E-state index is 3.51. The lowest BCUT2D eigenvalue weighted by molar-refractivity contribution is 0.251. The van der Waals surface area contributed by atoms with Gasteiger partial charge in [0.15, 0.2) is 0 Å². The second-order valence-corrected chi connectivity index (χ2v) is 7.42. The van der Waals surface area contributed by atoms with Crippen molar-refractivity contribution in [1.82, 2.24) is 10.2 Å². The van der Waals surface area contributed by atoms with Crippen LogP contribution in [0.5, 0.6) is 0 Å². The van der Waals surface area contributed by atoms with Gasteiger partial charge in [0.2, 0.25) is 0 Å². The van der Waals surface area contributed by atoms with Crippen LogP contribution in [0.15, 0.2) is 0 Å². The summed E-state index contributed by atoms with van der Waals surface area (Å²) in [5.41, 5.74) is 0. The Bertz CT molecular complexity index is 239. The van der Waals surface area contributed by atoms with Crippen LogP contribution in [0.4, 0.5) is 0 Å². The molecule has 0 aromatic heterocycles. The largest absolute Gasteiger partial charge is 0.317 e. The quantitative estimate of drug-likeness (QED) is 0.799. The molecular weight excluding hydrogens is 240 g/mol. The van der Waals surface area contributed by atoms with Crippen molar-refractivity contribution in [1.29, 1.82) is 0 Å². The minimum atomic E-state index is 0.589. The van der Waals surface area contributed by atoms with Crippen molar-refractivity contribution in [3.63, 3.8) is 0 Å². The highest BCUT2D eigenvalue weighted by molar-refractivity contribution is 8.00. The summed E-state index contributed by atoms with van der Waals surface area (Å²) < 4.78 is 0.589. The maximum Gasteiger partial charge on any atom is 0.0284 e. The Morgan fingerprint density at radius 1 is 1.28 bits per heavy atom. The van der Waals surface area contributed by atoms with Crippen LogP contribution in [-0.4, -0.2) is 48.6 Å². The average Bonchev–Trinajstić information content (AvgIpc) is 2.85. The lowest BCUT2D eigenvalue weighted by Crippen LogP contribution is -2.41. The molecule has 0 aromatic rings. The molecule has 2 aliphatic rings. The Balaban J connectivity index is 1.78. The molecule has 0 aromatic carbocycles. The number of thioether (sulfide) groups is 1. The molecule has 1 N–H and O–H groups in total. The summed E-state index contributed by atoms with van der Waals surface area (Å²) >= 11 is 2.14. The van der Waals surface area contributed by atoms with Crippen molar-refractivity contribution in [2.75, 3.05) is 39.0 Å². The van der Waals surface area contributed by atoms with E-state index in [1.807, 2.05) is 0 Å². The van der Waals surface area contributed by atoms with E-state index >= 15 is 0 Å². The van der Waals surface area contributed by atoms with Gasteiger partial charge < -0.3 is 10.2 Å². The SMILES string of the molecule is CCNCC1CCN(CC2(SC)CCCCC2)C1. The van der Waals surface area contributed by atoms with Crippen LogP contribution in [0.2, 0.25) is 0 Å². The summed E-state index contributed by atoms with van der Waals surface area (Å²) in [6, 6.07) is 0. The molecule has 2 fully saturated rings. The third kappa shape index (κ3) is 3.88. The number of rotatable bonds is 6. The van der Waals surface area contributed by atoms with Crippen LogP contribution in [0.25, 0.3) is 0 Å². The number of nitrogens with one attached hydrogen (secondary N) is 1. The van der Waals surface area contributed by atoms with Gasteiger partial charge in [-0.25, -0.2) is 0 Å². The Labute approximate surface area is 117 Å². The first-order valence-electron chi connectivity index (χ1n) is 7.76. The first-order valence-corrected chi connectivity index (χ1v) is 8.99. The number of likely N-dealkylation sites (tertiary alicyclic amines) is 1. The fraction of sp³-hybridized carbons (Fsp3) is 1.00. The second-order valence-electron chi connectivity index (χ2n) is 6.15. The standard InChI is InChI=1S/C15H30N2S/c1-3-16-11-14-7-10-17(12-14)13-15(18-2)8-5-4-6-9-15/h14,16H,3-13H2,1-2H3. The van der Waals surface area contributed by atoms with Gasteiger partial charge in [-0.15, -0.1) is 0 Å². The van der Waals surface area contributed by atoms with Gasteiger partial charge in [0.1, 0.15) is 0 Å². The van der Waals surface area contributed by atoms with E-state index in [0.29, 0.717) is 4.75 Å². The molecule has 1 aliphatic carbocycles. The fourth-order valence-corrected chi connectivity index (χ4v) is 4.61. The smallest absolute Gasteiger partial charge is 0.0284 e. The molecule has 0 radical (unpaired) electrons. The van der Waals surface area contributed by atoms with E-state index in [9.17, 15) is 0 Å². The summed E-state index contributed by atoms with van der Waals surface area (Å²) in [4.78, 5) is 2.74. The first-order chi connectivity index (χ1) is 8.78. The Kier molecular flexibility index (Phi) is 5.84. The zero-order valence-corrected chi connectivity index (χ0v) is 13.0. The number of nitrogens with zero attached hydrogens (tertiary/aromatic N) is 1. The third-order valence-electron chi connectivity index (χ3n) is 4.76. The Morgan fingerprint density at radius 2 is 2.06 bits per heavy atom. The molecule has 0 amide bonds. The van der Waals surface area contributed by atoms with Gasteiger partial charge in [-0.2, -0.15) is 11.8 Å². The lowest BCUT2D eigenvalue weighted by atomic mass is 9.88. The van der Waals surface area contributed by atoms with Crippen molar-refractivity contribution >= 4 is 11.8 Å². The highest BCUT2D eigenvalue weighted by atomic mass is 32.2. The minimum absolute atomic E-state index is 0.589. The van der Waals surface area contributed by atoms with Gasteiger partial charge >= 0.3 is 0 Å². The molecular formula is C15H30N2S. The van der Waals surface area contributed by atoms with Crippen LogP contribution in [0.3, 0.4) is 0 Å². The minimum Gasteiger partial charge on any atom is -0.317 e. The van der Waals surface area contributed by atoms with Crippen molar-refractivity contribution in [2.24, 2.45) is 5.92 Å². The van der Waals surface area contributed by atoms with Gasteiger partial charge in [0.05, 0.1) is 0 Å². The molecule has 18 heavy (non-hydrogen) atoms. The predicted molar refractivity (Wildman–Crippen MR) is 82.4 cm³/mol. The van der Waals surface area contributed by atoms with Crippen molar-refractivity contribution in [2.45, 2.75) is 50.2 Å². The molecule has 2 nitrogen and oxygen atoms in total. The van der Waals surface area contributed by atoms with Gasteiger partial charge in [0.25, 0.3) is 0 Å². The molecule has 1 saturated heterocycles. The van der Waals surface area contributed by atoms with E-state index in [-0.39, 0.29) is 0 Å². The Morgan fingerprint density at radius 3 is 2.72 bits per heavy atom. The van der Waals surface area contributed by atoms with Crippen molar-refractivity contribution in [3.05, 3.63) is 0 Å². The molecule has 1 saturated carbocycles. The van der Waals surface area contributed by atoms with Crippen molar-refractivity contribution < 1.29 is 0 Å². The summed E-state index contributed by atoms with van der Waals surface area (Å²) in [6.45, 7) is 8.55. The molecule has 2 rings (SSSR count). The summed E-state index contributed by atoms with van der Waals surface area (Å²) in [6.07, 6.45) is 11.0. The third-order valence-corrected chi connectivity index (χ3v) is 6.17.